The maximum absolute atomic E-state index is 12.7. The van der Waals surface area contributed by atoms with Crippen molar-refractivity contribution in [2.45, 2.75) is 174 Å². The largest absolute Gasteiger partial charge is 0.756 e. The van der Waals surface area contributed by atoms with Gasteiger partial charge in [0.2, 0.25) is 0 Å². The van der Waals surface area contributed by atoms with Crippen molar-refractivity contribution in [3.63, 3.8) is 0 Å². The van der Waals surface area contributed by atoms with Gasteiger partial charge in [0, 0.05) is 13.0 Å². The number of carbonyl (C=O) groups excluding carboxylic acids is 1. The van der Waals surface area contributed by atoms with Crippen LogP contribution in [0.5, 0.6) is 0 Å². The molecule has 0 aromatic rings. The van der Waals surface area contributed by atoms with Crippen LogP contribution in [0.1, 0.15) is 168 Å². The van der Waals surface area contributed by atoms with E-state index in [2.05, 4.69) is 74.6 Å². The van der Waals surface area contributed by atoms with Crippen molar-refractivity contribution < 1.29 is 37.3 Å². The lowest BCUT2D eigenvalue weighted by Gasteiger charge is -2.28. The van der Waals surface area contributed by atoms with Gasteiger partial charge < -0.3 is 27.9 Å². The molecule has 2 unspecified atom stereocenters. The van der Waals surface area contributed by atoms with Crippen LogP contribution in [0.15, 0.2) is 60.8 Å². The van der Waals surface area contributed by atoms with Gasteiger partial charge in [0.1, 0.15) is 19.3 Å². The van der Waals surface area contributed by atoms with E-state index in [-0.39, 0.29) is 25.8 Å². The summed E-state index contributed by atoms with van der Waals surface area (Å²) in [5, 5.41) is 0. The third kappa shape index (κ3) is 43.2. The highest BCUT2D eigenvalue weighted by Crippen LogP contribution is 2.38. The van der Waals surface area contributed by atoms with E-state index in [0.29, 0.717) is 24.1 Å². The van der Waals surface area contributed by atoms with Gasteiger partial charge in [-0.25, -0.2) is 0 Å². The Morgan fingerprint density at radius 3 is 1.58 bits per heavy atom. The van der Waals surface area contributed by atoms with E-state index >= 15 is 0 Å². The van der Waals surface area contributed by atoms with Crippen molar-refractivity contribution in [2.24, 2.45) is 0 Å². The zero-order valence-corrected chi connectivity index (χ0v) is 37.0. The molecule has 55 heavy (non-hydrogen) atoms. The van der Waals surface area contributed by atoms with Crippen LogP contribution in [-0.4, -0.2) is 70.7 Å². The first-order valence-electron chi connectivity index (χ1n) is 22.0. The first-order chi connectivity index (χ1) is 26.6. The summed E-state index contributed by atoms with van der Waals surface area (Å²) in [6.45, 7) is 5.20. The molecule has 0 aliphatic rings. The third-order valence-corrected chi connectivity index (χ3v) is 10.0. The molecular weight excluding hydrogens is 709 g/mol. The minimum Gasteiger partial charge on any atom is -0.756 e. The predicted octanol–water partition coefficient (Wildman–Crippen LogP) is 12.3. The topological polar surface area (TPSA) is 94.1 Å². The second kappa shape index (κ2) is 39.0. The lowest BCUT2D eigenvalue weighted by Crippen LogP contribution is -2.37. The molecule has 0 rings (SSSR count). The molecule has 0 aromatic heterocycles. The van der Waals surface area contributed by atoms with Crippen LogP contribution in [0, 0.1) is 0 Å². The Bertz CT molecular complexity index is 1060. The minimum atomic E-state index is -4.53. The fourth-order valence-corrected chi connectivity index (χ4v) is 6.38. The Hall–Kier alpha value is -1.80. The van der Waals surface area contributed by atoms with Crippen LogP contribution in [-0.2, 0) is 27.9 Å². The number of quaternary nitrogens is 1. The molecule has 8 nitrogen and oxygen atoms in total. The molecule has 0 saturated heterocycles. The van der Waals surface area contributed by atoms with Crippen LogP contribution in [0.3, 0.4) is 0 Å². The molecule has 0 fully saturated rings. The van der Waals surface area contributed by atoms with Gasteiger partial charge in [-0.2, -0.15) is 0 Å². The molecular formula is C46H84NO7P. The summed E-state index contributed by atoms with van der Waals surface area (Å²) in [5.41, 5.74) is 0. The fraction of sp³-hybridized carbons (Fsp3) is 0.761. The number of hydrogen-bond acceptors (Lipinski definition) is 7. The van der Waals surface area contributed by atoms with E-state index in [4.69, 9.17) is 18.5 Å². The van der Waals surface area contributed by atoms with Crippen LogP contribution in [0.2, 0.25) is 0 Å². The molecule has 0 N–H and O–H groups in total. The minimum absolute atomic E-state index is 0.0180. The fourth-order valence-electron chi connectivity index (χ4n) is 5.65. The number of likely N-dealkylation sites (N-methyl/N-ethyl adjacent to an activating group) is 1. The Kier molecular flexibility index (Phi) is 37.8. The van der Waals surface area contributed by atoms with Crippen LogP contribution in [0.25, 0.3) is 0 Å². The number of allylic oxidation sites excluding steroid dienone is 10. The van der Waals surface area contributed by atoms with E-state index in [9.17, 15) is 14.3 Å². The molecule has 0 saturated carbocycles. The standard InChI is InChI=1S/C46H84NO7P/c1-6-8-10-12-14-16-18-20-22-23-24-25-26-27-29-31-33-35-37-39-46(48)54-45(44-53-55(49,50)52-42-40-47(3,4)5)43-51-41-38-36-34-32-30-28-21-19-17-15-13-11-9-7-2/h9,11,14-17,20-22,28,45H,6-8,10,12-13,18-19,23-27,29-44H2,1-5H3/b11-9-,16-14-,17-15-,22-20-,28-21-. The van der Waals surface area contributed by atoms with Crippen molar-refractivity contribution >= 4 is 13.8 Å². The summed E-state index contributed by atoms with van der Waals surface area (Å²) < 4.78 is 34.5. The van der Waals surface area contributed by atoms with Gasteiger partial charge in [0.25, 0.3) is 7.82 Å². The van der Waals surface area contributed by atoms with Crippen LogP contribution in [0.4, 0.5) is 0 Å². The lowest BCUT2D eigenvalue weighted by atomic mass is 10.1. The summed E-state index contributed by atoms with van der Waals surface area (Å²) in [4.78, 5) is 25.1. The molecule has 0 aliphatic heterocycles. The molecule has 0 bridgehead atoms. The molecule has 320 valence electrons. The molecule has 0 heterocycles. The number of rotatable bonds is 40. The van der Waals surface area contributed by atoms with E-state index in [1.807, 2.05) is 21.1 Å². The first kappa shape index (κ1) is 53.2. The summed E-state index contributed by atoms with van der Waals surface area (Å²) in [6.07, 6.45) is 48.0. The van der Waals surface area contributed by atoms with Gasteiger partial charge in [-0.05, 0) is 77.0 Å². The summed E-state index contributed by atoms with van der Waals surface area (Å²) in [6, 6.07) is 0. The van der Waals surface area contributed by atoms with Crippen LogP contribution < -0.4 is 4.89 Å². The van der Waals surface area contributed by atoms with E-state index in [0.717, 1.165) is 77.0 Å². The second-order valence-corrected chi connectivity index (χ2v) is 17.1. The highest BCUT2D eigenvalue weighted by Gasteiger charge is 2.20. The Morgan fingerprint density at radius 1 is 0.582 bits per heavy atom. The molecule has 2 atom stereocenters. The second-order valence-electron chi connectivity index (χ2n) is 15.7. The Morgan fingerprint density at radius 2 is 1.05 bits per heavy atom. The molecule has 0 aromatic carbocycles. The number of unbranched alkanes of at least 4 members (excludes halogenated alkanes) is 16. The number of carbonyl (C=O) groups is 1. The third-order valence-electron chi connectivity index (χ3n) is 9.05. The van der Waals surface area contributed by atoms with Crippen molar-refractivity contribution in [1.29, 1.82) is 0 Å². The van der Waals surface area contributed by atoms with Crippen LogP contribution >= 0.6 is 7.82 Å². The summed E-state index contributed by atoms with van der Waals surface area (Å²) in [5.74, 6) is -0.349. The van der Waals surface area contributed by atoms with Crippen molar-refractivity contribution in [3.05, 3.63) is 60.8 Å². The first-order valence-corrected chi connectivity index (χ1v) is 23.5. The maximum Gasteiger partial charge on any atom is 0.306 e. The molecule has 0 spiro atoms. The van der Waals surface area contributed by atoms with Gasteiger partial charge in [-0.15, -0.1) is 0 Å². The average Bonchev–Trinajstić information content (AvgIpc) is 3.13. The van der Waals surface area contributed by atoms with E-state index in [1.54, 1.807) is 0 Å². The molecule has 0 radical (unpaired) electrons. The zero-order chi connectivity index (χ0) is 40.6. The van der Waals surface area contributed by atoms with E-state index < -0.39 is 13.9 Å². The molecule has 9 heteroatoms. The monoisotopic (exact) mass is 794 g/mol. The van der Waals surface area contributed by atoms with Gasteiger partial charge in [-0.3, -0.25) is 9.36 Å². The maximum atomic E-state index is 12.7. The zero-order valence-electron chi connectivity index (χ0n) is 36.1. The highest BCUT2D eigenvalue weighted by molar-refractivity contribution is 7.45. The number of esters is 1. The van der Waals surface area contributed by atoms with Gasteiger partial charge in [-0.1, -0.05) is 145 Å². The van der Waals surface area contributed by atoms with E-state index in [1.165, 1.54) is 70.6 Å². The van der Waals surface area contributed by atoms with Crippen molar-refractivity contribution in [1.82, 2.24) is 0 Å². The average molecular weight is 794 g/mol. The summed E-state index contributed by atoms with van der Waals surface area (Å²) in [7, 11) is 1.33. The number of phosphoric acid groups is 1. The SMILES string of the molecule is CC/C=C\C/C=C\C/C=C\CCCCCCOCC(COP(=O)([O-])OCC[N+](C)(C)C)OC(=O)CCCCCCCCCCC/C=C\C/C=C\CCCCC. The number of nitrogens with zero attached hydrogens (tertiary/aromatic N) is 1. The van der Waals surface area contributed by atoms with Crippen molar-refractivity contribution in [3.8, 4) is 0 Å². The number of phosphoric ester groups is 1. The normalized spacial score (nSPS) is 14.4. The van der Waals surface area contributed by atoms with Crippen molar-refractivity contribution in [2.75, 3.05) is 54.1 Å². The number of hydrogen-bond donors (Lipinski definition) is 0. The molecule has 0 aliphatic carbocycles. The number of ether oxygens (including phenoxy) is 2. The molecule has 0 amide bonds. The van der Waals surface area contributed by atoms with Gasteiger partial charge in [0.15, 0.2) is 0 Å². The predicted molar refractivity (Wildman–Crippen MR) is 231 cm³/mol. The quantitative estimate of drug-likeness (QED) is 0.0200. The van der Waals surface area contributed by atoms with Gasteiger partial charge in [0.05, 0.1) is 34.4 Å². The summed E-state index contributed by atoms with van der Waals surface area (Å²) >= 11 is 0. The lowest BCUT2D eigenvalue weighted by molar-refractivity contribution is -0.870. The Labute approximate surface area is 339 Å². The smallest absolute Gasteiger partial charge is 0.306 e. The highest BCUT2D eigenvalue weighted by atomic mass is 31.2. The Balaban J connectivity index is 4.26. The van der Waals surface area contributed by atoms with Gasteiger partial charge >= 0.3 is 5.97 Å².